The number of nitrogens with zero attached hydrogens (tertiary/aromatic N) is 4. The summed E-state index contributed by atoms with van der Waals surface area (Å²) in [7, 11) is 1.85. The molecule has 3 aromatic heterocycles. The molecule has 0 spiro atoms. The number of pyridine rings is 1. The van der Waals surface area contributed by atoms with Crippen LogP contribution < -0.4 is 15.8 Å². The Kier molecular flexibility index (Phi) is 5.32. The minimum Gasteiger partial charge on any atom is -0.489 e. The molecule has 0 aliphatic rings. The highest BCUT2D eigenvalue weighted by atomic mass is 79.9. The van der Waals surface area contributed by atoms with E-state index < -0.39 is 0 Å². The number of anilines is 2. The second-order valence-corrected chi connectivity index (χ2v) is 8.53. The lowest BCUT2D eigenvalue weighted by molar-refractivity contribution is 0.306. The molecule has 0 saturated heterocycles. The van der Waals surface area contributed by atoms with Gasteiger partial charge in [0.25, 0.3) is 0 Å². The lowest BCUT2D eigenvalue weighted by atomic mass is 10.2. The lowest BCUT2D eigenvalue weighted by Crippen LogP contribution is -2.00. The van der Waals surface area contributed by atoms with Crippen LogP contribution in [0.25, 0.3) is 27.6 Å². The standard InChI is InChI=1S/C23H18BrClN6O/c1-27-20-5-3-14-2-4-17(9-19(14)30-20)32-11-13-6-15(24)8-16(7-13)31-10-18(25)21-22(26)28-12-29-23(21)31/h2-10,12H,11H2,1H3,(H,27,30)(H2,26,28,29). The van der Waals surface area contributed by atoms with Gasteiger partial charge in [-0.2, -0.15) is 0 Å². The molecule has 5 aromatic rings. The van der Waals surface area contributed by atoms with Crippen LogP contribution >= 0.6 is 27.5 Å². The van der Waals surface area contributed by atoms with E-state index in [1.165, 1.54) is 6.33 Å². The third-order valence-electron chi connectivity index (χ3n) is 5.11. The Morgan fingerprint density at radius 1 is 1.12 bits per heavy atom. The zero-order valence-electron chi connectivity index (χ0n) is 17.0. The monoisotopic (exact) mass is 508 g/mol. The molecule has 0 aliphatic heterocycles. The summed E-state index contributed by atoms with van der Waals surface area (Å²) < 4.78 is 8.87. The Hall–Kier alpha value is -3.36. The number of fused-ring (bicyclic) bond motifs is 2. The van der Waals surface area contributed by atoms with Gasteiger partial charge in [0.2, 0.25) is 0 Å². The molecule has 5 rings (SSSR count). The number of hydrogen-bond donors (Lipinski definition) is 2. The van der Waals surface area contributed by atoms with Gasteiger partial charge in [0.15, 0.2) is 5.65 Å². The van der Waals surface area contributed by atoms with E-state index in [4.69, 9.17) is 22.1 Å². The maximum atomic E-state index is 6.40. The predicted molar refractivity (Wildman–Crippen MR) is 132 cm³/mol. The number of nitrogens with one attached hydrogen (secondary N) is 1. The fraction of sp³-hybridized carbons (Fsp3) is 0.0870. The first-order valence-corrected chi connectivity index (χ1v) is 11.0. The topological polar surface area (TPSA) is 90.9 Å². The molecule has 0 atom stereocenters. The maximum Gasteiger partial charge on any atom is 0.151 e. The van der Waals surface area contributed by atoms with Crippen LogP contribution in [0.1, 0.15) is 5.56 Å². The van der Waals surface area contributed by atoms with Crippen LogP contribution in [0.3, 0.4) is 0 Å². The zero-order valence-corrected chi connectivity index (χ0v) is 19.4. The van der Waals surface area contributed by atoms with E-state index in [-0.39, 0.29) is 0 Å². The van der Waals surface area contributed by atoms with Gasteiger partial charge in [-0.3, -0.25) is 4.57 Å². The van der Waals surface area contributed by atoms with Crippen LogP contribution in [-0.4, -0.2) is 26.6 Å². The zero-order chi connectivity index (χ0) is 22.2. The van der Waals surface area contributed by atoms with E-state index in [1.807, 2.05) is 60.1 Å². The summed E-state index contributed by atoms with van der Waals surface area (Å²) in [5.74, 6) is 1.91. The normalized spacial score (nSPS) is 11.2. The number of rotatable bonds is 5. The molecule has 0 bridgehead atoms. The van der Waals surface area contributed by atoms with Gasteiger partial charge < -0.3 is 15.8 Å². The fourth-order valence-corrected chi connectivity index (χ4v) is 4.39. The number of ether oxygens (including phenoxy) is 1. The number of nitrogen functional groups attached to an aromatic ring is 1. The second kappa shape index (κ2) is 8.29. The first kappa shape index (κ1) is 20.5. The van der Waals surface area contributed by atoms with Gasteiger partial charge in [0, 0.05) is 34.9 Å². The van der Waals surface area contributed by atoms with Crippen molar-refractivity contribution in [2.45, 2.75) is 6.61 Å². The minimum absolute atomic E-state index is 0.351. The Morgan fingerprint density at radius 3 is 2.81 bits per heavy atom. The first-order chi connectivity index (χ1) is 15.5. The molecule has 0 saturated carbocycles. The van der Waals surface area contributed by atoms with Crippen LogP contribution in [0.4, 0.5) is 11.6 Å². The van der Waals surface area contributed by atoms with Crippen molar-refractivity contribution in [2.24, 2.45) is 0 Å². The Balaban J connectivity index is 1.45. The number of hydrogen-bond acceptors (Lipinski definition) is 6. The average molecular weight is 510 g/mol. The van der Waals surface area contributed by atoms with Crippen molar-refractivity contribution in [3.63, 3.8) is 0 Å². The summed E-state index contributed by atoms with van der Waals surface area (Å²) in [4.78, 5) is 13.0. The number of nitrogens with two attached hydrogens (primary N) is 1. The molecule has 160 valence electrons. The molecule has 3 N–H and O–H groups in total. The quantitative estimate of drug-likeness (QED) is 0.321. The highest BCUT2D eigenvalue weighted by Crippen LogP contribution is 2.31. The summed E-state index contributed by atoms with van der Waals surface area (Å²) in [5.41, 5.74) is 9.37. The summed E-state index contributed by atoms with van der Waals surface area (Å²) in [6, 6.07) is 15.9. The Labute approximate surface area is 197 Å². The van der Waals surface area contributed by atoms with E-state index >= 15 is 0 Å². The Bertz CT molecular complexity index is 1470. The second-order valence-electron chi connectivity index (χ2n) is 7.21. The molecule has 2 aromatic carbocycles. The molecule has 0 fully saturated rings. The van der Waals surface area contributed by atoms with E-state index in [0.717, 1.165) is 38.2 Å². The highest BCUT2D eigenvalue weighted by Gasteiger charge is 2.14. The van der Waals surface area contributed by atoms with Gasteiger partial charge in [-0.25, -0.2) is 15.0 Å². The van der Waals surface area contributed by atoms with Gasteiger partial charge in [0.05, 0.1) is 15.9 Å². The fourth-order valence-electron chi connectivity index (χ4n) is 3.59. The van der Waals surface area contributed by atoms with Gasteiger partial charge in [0.1, 0.15) is 30.3 Å². The van der Waals surface area contributed by atoms with Crippen LogP contribution in [0.15, 0.2) is 65.5 Å². The average Bonchev–Trinajstić information content (AvgIpc) is 3.14. The third kappa shape index (κ3) is 3.83. The molecule has 0 unspecified atom stereocenters. The number of aromatic nitrogens is 4. The lowest BCUT2D eigenvalue weighted by Gasteiger charge is -2.11. The van der Waals surface area contributed by atoms with Gasteiger partial charge in [-0.15, -0.1) is 0 Å². The molecular formula is C23H18BrClN6O. The van der Waals surface area contributed by atoms with Crippen molar-refractivity contribution in [2.75, 3.05) is 18.1 Å². The summed E-state index contributed by atoms with van der Waals surface area (Å²) in [5, 5.41) is 5.25. The highest BCUT2D eigenvalue weighted by molar-refractivity contribution is 9.10. The molecule has 32 heavy (non-hydrogen) atoms. The molecule has 0 aliphatic carbocycles. The molecular weight excluding hydrogens is 492 g/mol. The van der Waals surface area contributed by atoms with Crippen molar-refractivity contribution in [3.05, 3.63) is 76.1 Å². The van der Waals surface area contributed by atoms with Crippen LogP contribution in [-0.2, 0) is 6.61 Å². The van der Waals surface area contributed by atoms with Crippen LogP contribution in [0.5, 0.6) is 5.75 Å². The molecule has 0 amide bonds. The molecule has 0 radical (unpaired) electrons. The van der Waals surface area contributed by atoms with E-state index in [0.29, 0.717) is 28.5 Å². The summed E-state index contributed by atoms with van der Waals surface area (Å²) >= 11 is 9.99. The van der Waals surface area contributed by atoms with Crippen molar-refractivity contribution in [3.8, 4) is 11.4 Å². The van der Waals surface area contributed by atoms with Crippen molar-refractivity contribution < 1.29 is 4.74 Å². The van der Waals surface area contributed by atoms with Crippen LogP contribution in [0.2, 0.25) is 5.02 Å². The van der Waals surface area contributed by atoms with Crippen molar-refractivity contribution in [1.82, 2.24) is 19.5 Å². The summed E-state index contributed by atoms with van der Waals surface area (Å²) in [6.07, 6.45) is 3.22. The largest absolute Gasteiger partial charge is 0.489 e. The predicted octanol–water partition coefficient (Wildman–Crippen LogP) is 5.59. The van der Waals surface area contributed by atoms with Gasteiger partial charge in [-0.1, -0.05) is 27.5 Å². The molecule has 9 heteroatoms. The summed E-state index contributed by atoms with van der Waals surface area (Å²) in [6.45, 7) is 0.383. The Morgan fingerprint density at radius 2 is 1.97 bits per heavy atom. The minimum atomic E-state index is 0.351. The third-order valence-corrected chi connectivity index (χ3v) is 5.86. The van der Waals surface area contributed by atoms with Gasteiger partial charge in [-0.05, 0) is 48.0 Å². The number of benzene rings is 2. The van der Waals surface area contributed by atoms with Crippen LogP contribution in [0, 0.1) is 0 Å². The first-order valence-electron chi connectivity index (χ1n) is 9.80. The van der Waals surface area contributed by atoms with E-state index in [2.05, 4.69) is 36.2 Å². The van der Waals surface area contributed by atoms with Crippen molar-refractivity contribution >= 4 is 61.1 Å². The molecule has 7 nitrogen and oxygen atoms in total. The number of halogens is 2. The maximum absolute atomic E-state index is 6.40. The SMILES string of the molecule is CNc1ccc2ccc(OCc3cc(Br)cc(-n4cc(Cl)c5c(N)ncnc54)c3)cc2n1. The molecule has 3 heterocycles. The van der Waals surface area contributed by atoms with Gasteiger partial charge >= 0.3 is 0 Å². The van der Waals surface area contributed by atoms with Crippen molar-refractivity contribution in [1.29, 1.82) is 0 Å². The van der Waals surface area contributed by atoms with E-state index in [1.54, 1.807) is 6.20 Å². The van der Waals surface area contributed by atoms with E-state index in [9.17, 15) is 0 Å². The smallest absolute Gasteiger partial charge is 0.151 e.